The van der Waals surface area contributed by atoms with Crippen LogP contribution in [0.4, 0.5) is 5.95 Å². The van der Waals surface area contributed by atoms with Gasteiger partial charge >= 0.3 is 29.4 Å². The number of nitrogen functional groups attached to an aromatic ring is 1. The van der Waals surface area contributed by atoms with E-state index < -0.39 is 91.5 Å². The number of phosphoric acid groups is 3. The molecule has 0 aromatic carbocycles. The maximum Gasteiger partial charge on any atom is 0.490 e. The first kappa shape index (κ1) is 38.8. The van der Waals surface area contributed by atoms with Gasteiger partial charge in [-0.3, -0.25) is 23.5 Å². The normalized spacial score (nSPS) is 23.1. The average molecular weight is 754 g/mol. The lowest BCUT2D eigenvalue weighted by atomic mass is 10.1. The summed E-state index contributed by atoms with van der Waals surface area (Å²) in [6, 6.07) is -1.31. The molecule has 25 nitrogen and oxygen atoms in total. The summed E-state index contributed by atoms with van der Waals surface area (Å²) in [5, 5.41) is 24.4. The number of hydrogen-bond donors (Lipinski definition) is 11. The highest BCUT2D eigenvalue weighted by molar-refractivity contribution is 7.80. The highest BCUT2D eigenvalue weighted by Gasteiger charge is 2.48. The van der Waals surface area contributed by atoms with Gasteiger partial charge in [0, 0.05) is 13.1 Å². The number of carboxylic acid groups (broad SMARTS) is 1. The zero-order chi connectivity index (χ0) is 35.3. The number of imidazole rings is 1. The number of aliphatic hydroxyl groups excluding tert-OH is 1. The van der Waals surface area contributed by atoms with Crippen molar-refractivity contribution in [1.29, 1.82) is 0 Å². The third-order valence-electron chi connectivity index (χ3n) is 5.71. The maximum absolute atomic E-state index is 12.4. The number of aromatic nitrogens is 4. The zero-order valence-electron chi connectivity index (χ0n) is 23.4. The summed E-state index contributed by atoms with van der Waals surface area (Å²) in [5.74, 6) is -3.05. The number of rotatable bonds is 17. The maximum atomic E-state index is 12.4. The summed E-state index contributed by atoms with van der Waals surface area (Å²) < 4.78 is 59.0. The highest BCUT2D eigenvalue weighted by atomic mass is 32.1. The summed E-state index contributed by atoms with van der Waals surface area (Å²) in [6.07, 6.45) is -5.72. The molecule has 264 valence electrons. The molecule has 1 aliphatic heterocycles. The summed E-state index contributed by atoms with van der Waals surface area (Å²) in [7, 11) is -17.1. The van der Waals surface area contributed by atoms with Crippen molar-refractivity contribution in [2.24, 2.45) is 5.73 Å². The third-order valence-corrected chi connectivity index (χ3v) is 9.82. The first-order chi connectivity index (χ1) is 21.7. The van der Waals surface area contributed by atoms with Gasteiger partial charge in [-0.15, -0.1) is 12.6 Å². The Bertz CT molecular complexity index is 1630. The van der Waals surface area contributed by atoms with E-state index in [1.807, 2.05) is 0 Å². The van der Waals surface area contributed by atoms with E-state index in [2.05, 4.69) is 51.4 Å². The smallest absolute Gasteiger partial charge is 0.481 e. The number of carbonyl (C=O) groups excluding carboxylic acids is 2. The topological polar surface area (TPSA) is 390 Å². The molecule has 2 aromatic rings. The zero-order valence-corrected chi connectivity index (χ0v) is 27.0. The minimum absolute atomic E-state index is 0.0168. The van der Waals surface area contributed by atoms with E-state index >= 15 is 0 Å². The van der Waals surface area contributed by atoms with Crippen molar-refractivity contribution in [2.45, 2.75) is 42.0 Å². The number of nitrogens with one attached hydrogen (secondary N) is 2. The fourth-order valence-corrected chi connectivity index (χ4v) is 7.15. The van der Waals surface area contributed by atoms with Gasteiger partial charge in [0.05, 0.1) is 25.4 Å². The van der Waals surface area contributed by atoms with Crippen LogP contribution in [0, 0.1) is 0 Å². The van der Waals surface area contributed by atoms with Crippen molar-refractivity contribution >= 4 is 71.0 Å². The van der Waals surface area contributed by atoms with Crippen molar-refractivity contribution < 1.29 is 80.5 Å². The molecule has 3 heterocycles. The second-order valence-corrected chi connectivity index (χ2v) is 14.1. The number of aliphatic carboxylic acids is 1. The number of amides is 2. The number of nitrogens with two attached hydrogens (primary N) is 2. The van der Waals surface area contributed by atoms with Gasteiger partial charge in [-0.25, -0.2) is 23.7 Å². The largest absolute Gasteiger partial charge is 0.490 e. The number of fused-ring (bicyclic) bond motifs is 1. The Morgan fingerprint density at radius 2 is 1.74 bits per heavy atom. The molecule has 1 saturated heterocycles. The summed E-state index contributed by atoms with van der Waals surface area (Å²) in [5.41, 5.74) is 11.3. The lowest BCUT2D eigenvalue weighted by molar-refractivity contribution is -0.139. The van der Waals surface area contributed by atoms with Crippen LogP contribution in [0.25, 0.3) is 11.2 Å². The molecule has 2 aromatic heterocycles. The molecule has 29 heteroatoms. The molecule has 0 aliphatic carbocycles. The number of aliphatic hydroxyl groups is 1. The molecule has 0 saturated carbocycles. The van der Waals surface area contributed by atoms with Crippen LogP contribution < -0.4 is 22.1 Å². The number of thiol groups is 1. The molecule has 47 heavy (non-hydrogen) atoms. The Kier molecular flexibility index (Phi) is 13.0. The molecular formula is C18H29N8O17P3S. The van der Waals surface area contributed by atoms with Gasteiger partial charge < -0.3 is 61.4 Å². The van der Waals surface area contributed by atoms with Gasteiger partial charge in [0.2, 0.25) is 17.8 Å². The predicted octanol–water partition coefficient (Wildman–Crippen LogP) is -3.28. The quantitative estimate of drug-likeness (QED) is 0.0326. The van der Waals surface area contributed by atoms with Crippen LogP contribution in [0.3, 0.4) is 0 Å². The number of carbonyl (C=O) groups is 3. The minimum atomic E-state index is -5.84. The van der Waals surface area contributed by atoms with Crippen LogP contribution in [0.2, 0.25) is 0 Å². The first-order valence-electron chi connectivity index (χ1n) is 12.6. The Morgan fingerprint density at radius 3 is 2.38 bits per heavy atom. The summed E-state index contributed by atoms with van der Waals surface area (Å²) in [4.78, 5) is 83.3. The molecule has 0 spiro atoms. The molecule has 3 rings (SSSR count). The summed E-state index contributed by atoms with van der Waals surface area (Å²) >= 11 is 4.17. The minimum Gasteiger partial charge on any atom is -0.481 e. The number of phosphoric ester groups is 1. The molecule has 7 atom stereocenters. The van der Waals surface area contributed by atoms with Crippen LogP contribution in [-0.2, 0) is 50.7 Å². The highest BCUT2D eigenvalue weighted by Crippen LogP contribution is 2.66. The SMILES string of the molecule is Nc1nc(S)c2ncn([C@@H]3O[C@H](COP(=O)(O)OP(=O)(O)OP(=O)(O)O)[C@H](O)C3OCC(=O)NCCNC(=O)C(N)CC(=O)O)c2n1. The molecule has 1 aliphatic rings. The fourth-order valence-electron chi connectivity index (χ4n) is 3.86. The van der Waals surface area contributed by atoms with E-state index in [1.165, 1.54) is 4.57 Å². The van der Waals surface area contributed by atoms with Gasteiger partial charge in [0.15, 0.2) is 11.9 Å². The Hall–Kier alpha value is -2.64. The van der Waals surface area contributed by atoms with Crippen LogP contribution in [0.5, 0.6) is 0 Å². The number of carboxylic acids is 1. The van der Waals surface area contributed by atoms with Crippen LogP contribution in [-0.4, -0.2) is 118 Å². The molecule has 0 radical (unpaired) electrons. The molecule has 2 amide bonds. The van der Waals surface area contributed by atoms with Gasteiger partial charge in [-0.1, -0.05) is 0 Å². The van der Waals surface area contributed by atoms with Crippen LogP contribution >= 0.6 is 36.1 Å². The van der Waals surface area contributed by atoms with E-state index in [0.717, 1.165) is 6.33 Å². The third kappa shape index (κ3) is 11.5. The van der Waals surface area contributed by atoms with Crippen molar-refractivity contribution in [3.8, 4) is 0 Å². The second kappa shape index (κ2) is 15.7. The molecule has 0 bridgehead atoms. The number of ether oxygens (including phenoxy) is 2. The predicted molar refractivity (Wildman–Crippen MR) is 153 cm³/mol. The molecule has 4 unspecified atom stereocenters. The monoisotopic (exact) mass is 754 g/mol. The van der Waals surface area contributed by atoms with Gasteiger partial charge in [-0.2, -0.15) is 13.6 Å². The van der Waals surface area contributed by atoms with Gasteiger partial charge in [0.25, 0.3) is 0 Å². The lowest BCUT2D eigenvalue weighted by Gasteiger charge is -2.22. The van der Waals surface area contributed by atoms with Crippen LogP contribution in [0.15, 0.2) is 11.4 Å². The van der Waals surface area contributed by atoms with E-state index in [0.29, 0.717) is 0 Å². The van der Waals surface area contributed by atoms with E-state index in [1.54, 1.807) is 0 Å². The molecule has 1 fully saturated rings. The number of nitrogens with zero attached hydrogens (tertiary/aromatic N) is 4. The summed E-state index contributed by atoms with van der Waals surface area (Å²) in [6.45, 7) is -2.08. The Balaban J connectivity index is 1.70. The van der Waals surface area contributed by atoms with E-state index in [4.69, 9.17) is 35.8 Å². The van der Waals surface area contributed by atoms with Gasteiger partial charge in [0.1, 0.15) is 35.5 Å². The number of hydrogen-bond acceptors (Lipinski definition) is 18. The first-order valence-corrected chi connectivity index (χ1v) is 17.6. The van der Waals surface area contributed by atoms with Crippen molar-refractivity contribution in [3.05, 3.63) is 6.33 Å². The van der Waals surface area contributed by atoms with E-state index in [9.17, 15) is 43.0 Å². The van der Waals surface area contributed by atoms with Crippen LogP contribution in [0.1, 0.15) is 12.6 Å². The van der Waals surface area contributed by atoms with Crippen molar-refractivity contribution in [1.82, 2.24) is 30.2 Å². The fraction of sp³-hybridized carbons (Fsp3) is 0.556. The molecule has 12 N–H and O–H groups in total. The van der Waals surface area contributed by atoms with Crippen molar-refractivity contribution in [3.63, 3.8) is 0 Å². The van der Waals surface area contributed by atoms with E-state index in [-0.39, 0.29) is 35.2 Å². The average Bonchev–Trinajstić information content (AvgIpc) is 3.46. The molecular weight excluding hydrogens is 725 g/mol. The Morgan fingerprint density at radius 1 is 1.09 bits per heavy atom. The standard InChI is InChI=1S/C18H29N8O17P3S/c19-7(3-10(28)29)15(31)22-2-1-21-9(27)5-39-13-12(30)8(4-40-45(35,36)43-46(37,38)42-44(32,33)34)41-17(13)26-6-23-11-14(26)24-18(20)25-16(11)47/h6-8,12-13,17,30H,1-5,19H2,(H,21,27)(H,22,31)(H,28,29)(H,35,36)(H,37,38)(H2,32,33,34)(H3,20,24,25,47)/t7?,8-,12+,13?,17-/m1/s1. The Labute approximate surface area is 267 Å². The number of anilines is 1. The lowest BCUT2D eigenvalue weighted by Crippen LogP contribution is -2.45. The van der Waals surface area contributed by atoms with Crippen molar-refractivity contribution in [2.75, 3.05) is 32.0 Å². The second-order valence-electron chi connectivity index (χ2n) is 9.29. The van der Waals surface area contributed by atoms with Gasteiger partial charge in [-0.05, 0) is 0 Å².